The molecule has 6 nitrogen and oxygen atoms in total. The molecule has 0 bridgehead atoms. The van der Waals surface area contributed by atoms with E-state index >= 15 is 0 Å². The van der Waals surface area contributed by atoms with Gasteiger partial charge in [0.1, 0.15) is 12.4 Å². The zero-order chi connectivity index (χ0) is 13.1. The van der Waals surface area contributed by atoms with Gasteiger partial charge in [0.05, 0.1) is 11.0 Å². The number of carbonyl (C=O) groups excluding carboxylic acids is 1. The Labute approximate surface area is 104 Å². The molecule has 1 aromatic heterocycles. The molecular weight excluding hydrogens is 232 g/mol. The molecule has 0 unspecified atom stereocenters. The van der Waals surface area contributed by atoms with Gasteiger partial charge in [0.15, 0.2) is 0 Å². The number of nitrogens with zero attached hydrogens (tertiary/aromatic N) is 2. The van der Waals surface area contributed by atoms with E-state index in [0.717, 1.165) is 11.0 Å². The molecule has 0 spiro atoms. The highest BCUT2D eigenvalue weighted by molar-refractivity contribution is 5.79. The van der Waals surface area contributed by atoms with Gasteiger partial charge in [-0.1, -0.05) is 0 Å². The van der Waals surface area contributed by atoms with E-state index in [1.807, 2.05) is 10.6 Å². The van der Waals surface area contributed by atoms with Crippen molar-refractivity contribution in [3.05, 3.63) is 24.0 Å². The van der Waals surface area contributed by atoms with Crippen LogP contribution in [0.15, 0.2) is 18.2 Å². The van der Waals surface area contributed by atoms with Crippen molar-refractivity contribution in [3.63, 3.8) is 0 Å². The third-order valence-electron chi connectivity index (χ3n) is 2.70. The molecule has 1 aromatic carbocycles. The molecule has 0 aliphatic heterocycles. The summed E-state index contributed by atoms with van der Waals surface area (Å²) in [6.45, 7) is 2.39. The molecule has 2 aromatic rings. The van der Waals surface area contributed by atoms with Gasteiger partial charge in [-0.25, -0.2) is 4.98 Å². The molecule has 6 heteroatoms. The lowest BCUT2D eigenvalue weighted by Gasteiger charge is -2.08. The van der Waals surface area contributed by atoms with Crippen molar-refractivity contribution < 1.29 is 9.90 Å². The number of carbonyl (C=O) groups is 1. The van der Waals surface area contributed by atoms with Gasteiger partial charge in [0.25, 0.3) is 0 Å². The van der Waals surface area contributed by atoms with Gasteiger partial charge in [0, 0.05) is 25.7 Å². The van der Waals surface area contributed by atoms with E-state index < -0.39 is 0 Å². The maximum absolute atomic E-state index is 10.8. The number of aliphatic hydroxyl groups excluding tert-OH is 1. The maximum Gasteiger partial charge on any atom is 0.216 e. The summed E-state index contributed by atoms with van der Waals surface area (Å²) >= 11 is 0. The standard InChI is InChI=1S/C12H16N4O2/c1-8(18)14-4-5-16-11-3-2-9(13)6-10(11)15-12(16)7-17/h2-3,6,17H,4-5,7,13H2,1H3,(H,14,18). The predicted molar refractivity (Wildman–Crippen MR) is 68.8 cm³/mol. The smallest absolute Gasteiger partial charge is 0.216 e. The first-order valence-corrected chi connectivity index (χ1v) is 5.71. The van der Waals surface area contributed by atoms with Crippen LogP contribution in [0.4, 0.5) is 5.69 Å². The first kappa shape index (κ1) is 12.4. The van der Waals surface area contributed by atoms with Crippen molar-refractivity contribution in [2.75, 3.05) is 12.3 Å². The van der Waals surface area contributed by atoms with Crippen LogP contribution in [-0.2, 0) is 17.9 Å². The topological polar surface area (TPSA) is 93.2 Å². The molecule has 1 heterocycles. The molecule has 18 heavy (non-hydrogen) atoms. The fraction of sp³-hybridized carbons (Fsp3) is 0.333. The number of aromatic nitrogens is 2. The Morgan fingerprint density at radius 2 is 2.33 bits per heavy atom. The summed E-state index contributed by atoms with van der Waals surface area (Å²) in [4.78, 5) is 15.1. The molecule has 96 valence electrons. The monoisotopic (exact) mass is 248 g/mol. The van der Waals surface area contributed by atoms with Crippen LogP contribution >= 0.6 is 0 Å². The Bertz CT molecular complexity index is 577. The number of rotatable bonds is 4. The molecular formula is C12H16N4O2. The van der Waals surface area contributed by atoms with Crippen LogP contribution in [0.2, 0.25) is 0 Å². The number of aliphatic hydroxyl groups is 1. The van der Waals surface area contributed by atoms with E-state index in [4.69, 9.17) is 5.73 Å². The minimum Gasteiger partial charge on any atom is -0.399 e. The number of nitrogens with one attached hydrogen (secondary N) is 1. The summed E-state index contributed by atoms with van der Waals surface area (Å²) in [6.07, 6.45) is 0. The van der Waals surface area contributed by atoms with Crippen molar-refractivity contribution in [2.24, 2.45) is 0 Å². The zero-order valence-corrected chi connectivity index (χ0v) is 10.2. The van der Waals surface area contributed by atoms with Gasteiger partial charge in [-0.3, -0.25) is 4.79 Å². The van der Waals surface area contributed by atoms with E-state index in [-0.39, 0.29) is 12.5 Å². The van der Waals surface area contributed by atoms with Crippen LogP contribution in [0.3, 0.4) is 0 Å². The molecule has 0 aliphatic rings. The molecule has 0 aliphatic carbocycles. The third kappa shape index (κ3) is 2.43. The number of benzene rings is 1. The van der Waals surface area contributed by atoms with Crippen LogP contribution < -0.4 is 11.1 Å². The average Bonchev–Trinajstić information content (AvgIpc) is 2.66. The summed E-state index contributed by atoms with van der Waals surface area (Å²) < 4.78 is 1.88. The summed E-state index contributed by atoms with van der Waals surface area (Å²) in [5.74, 6) is 0.496. The maximum atomic E-state index is 10.8. The van der Waals surface area contributed by atoms with E-state index in [1.165, 1.54) is 6.92 Å². The highest BCUT2D eigenvalue weighted by Crippen LogP contribution is 2.18. The van der Waals surface area contributed by atoms with E-state index in [1.54, 1.807) is 12.1 Å². The third-order valence-corrected chi connectivity index (χ3v) is 2.70. The second-order valence-corrected chi connectivity index (χ2v) is 4.07. The minimum absolute atomic E-state index is 0.0748. The fourth-order valence-corrected chi connectivity index (χ4v) is 1.91. The summed E-state index contributed by atoms with van der Waals surface area (Å²) in [7, 11) is 0. The Morgan fingerprint density at radius 1 is 1.56 bits per heavy atom. The van der Waals surface area contributed by atoms with Gasteiger partial charge in [-0.15, -0.1) is 0 Å². The Kier molecular flexibility index (Phi) is 3.47. The molecule has 4 N–H and O–H groups in total. The lowest BCUT2D eigenvalue weighted by molar-refractivity contribution is -0.118. The first-order valence-electron chi connectivity index (χ1n) is 5.71. The molecule has 0 fully saturated rings. The largest absolute Gasteiger partial charge is 0.399 e. The van der Waals surface area contributed by atoms with Gasteiger partial charge in [0.2, 0.25) is 5.91 Å². The van der Waals surface area contributed by atoms with E-state index in [9.17, 15) is 9.90 Å². The Balaban J connectivity index is 2.31. The number of hydrogen-bond donors (Lipinski definition) is 3. The van der Waals surface area contributed by atoms with Crippen molar-refractivity contribution in [2.45, 2.75) is 20.1 Å². The van der Waals surface area contributed by atoms with Crippen LogP contribution in [-0.4, -0.2) is 27.1 Å². The SMILES string of the molecule is CC(=O)NCCn1c(CO)nc2cc(N)ccc21. The van der Waals surface area contributed by atoms with Crippen molar-refractivity contribution >= 4 is 22.6 Å². The number of fused-ring (bicyclic) bond motifs is 1. The first-order chi connectivity index (χ1) is 8.61. The second kappa shape index (κ2) is 5.05. The normalized spacial score (nSPS) is 10.8. The van der Waals surface area contributed by atoms with Crippen LogP contribution in [0, 0.1) is 0 Å². The predicted octanol–water partition coefficient (Wildman–Crippen LogP) is 0.247. The van der Waals surface area contributed by atoms with Gasteiger partial charge < -0.3 is 20.7 Å². The van der Waals surface area contributed by atoms with E-state index in [0.29, 0.717) is 24.6 Å². The molecule has 1 amide bonds. The average molecular weight is 248 g/mol. The molecule has 0 saturated carbocycles. The van der Waals surface area contributed by atoms with Crippen molar-refractivity contribution in [3.8, 4) is 0 Å². The molecule has 2 rings (SSSR count). The number of anilines is 1. The van der Waals surface area contributed by atoms with Crippen LogP contribution in [0.25, 0.3) is 11.0 Å². The van der Waals surface area contributed by atoms with Crippen LogP contribution in [0.1, 0.15) is 12.7 Å². The van der Waals surface area contributed by atoms with Gasteiger partial charge in [-0.05, 0) is 18.2 Å². The summed E-state index contributed by atoms with van der Waals surface area (Å²) in [6, 6.07) is 5.42. The number of nitrogens with two attached hydrogens (primary N) is 1. The molecule has 0 radical (unpaired) electrons. The quantitative estimate of drug-likeness (QED) is 0.676. The number of amides is 1. The van der Waals surface area contributed by atoms with E-state index in [2.05, 4.69) is 10.3 Å². The fourth-order valence-electron chi connectivity index (χ4n) is 1.91. The van der Waals surface area contributed by atoms with Crippen molar-refractivity contribution in [1.82, 2.24) is 14.9 Å². The molecule has 0 atom stereocenters. The highest BCUT2D eigenvalue weighted by atomic mass is 16.3. The van der Waals surface area contributed by atoms with Crippen LogP contribution in [0.5, 0.6) is 0 Å². The summed E-state index contributed by atoms with van der Waals surface area (Å²) in [5.41, 5.74) is 7.99. The number of imidazole rings is 1. The lowest BCUT2D eigenvalue weighted by Crippen LogP contribution is -2.25. The molecule has 0 saturated heterocycles. The van der Waals surface area contributed by atoms with Crippen molar-refractivity contribution in [1.29, 1.82) is 0 Å². The summed E-state index contributed by atoms with van der Waals surface area (Å²) in [5, 5.41) is 12.0. The van der Waals surface area contributed by atoms with Gasteiger partial charge in [-0.2, -0.15) is 0 Å². The zero-order valence-electron chi connectivity index (χ0n) is 10.2. The lowest BCUT2D eigenvalue weighted by atomic mass is 10.3. The number of hydrogen-bond acceptors (Lipinski definition) is 4. The second-order valence-electron chi connectivity index (χ2n) is 4.07. The number of nitrogen functional groups attached to an aromatic ring is 1. The van der Waals surface area contributed by atoms with Gasteiger partial charge >= 0.3 is 0 Å². The Hall–Kier alpha value is -2.08. The Morgan fingerprint density at radius 3 is 3.00 bits per heavy atom. The minimum atomic E-state index is -0.144. The highest BCUT2D eigenvalue weighted by Gasteiger charge is 2.09.